The topological polar surface area (TPSA) is 58.4 Å². The van der Waals surface area contributed by atoms with Gasteiger partial charge in [0.1, 0.15) is 6.04 Å². The summed E-state index contributed by atoms with van der Waals surface area (Å²) in [5.74, 6) is -0.108. The minimum Gasteiger partial charge on any atom is -0.397 e. The normalized spacial score (nSPS) is 11.8. The minimum atomic E-state index is -0.383. The van der Waals surface area contributed by atoms with Gasteiger partial charge in [-0.05, 0) is 37.3 Å². The van der Waals surface area contributed by atoms with Crippen LogP contribution < -0.4 is 16.0 Å². The maximum Gasteiger partial charge on any atom is 0.246 e. The number of nitrogens with two attached hydrogens (primary N) is 1. The van der Waals surface area contributed by atoms with E-state index in [1.807, 2.05) is 44.3 Å². The maximum atomic E-state index is 12.3. The number of para-hydroxylation sites is 1. The monoisotopic (exact) mass is 303 g/mol. The summed E-state index contributed by atoms with van der Waals surface area (Å²) in [7, 11) is 1.82. The Morgan fingerprint density at radius 1 is 1.24 bits per heavy atom. The number of anilines is 3. The fourth-order valence-corrected chi connectivity index (χ4v) is 2.14. The van der Waals surface area contributed by atoms with Gasteiger partial charge in [-0.2, -0.15) is 0 Å². The first-order valence-corrected chi connectivity index (χ1v) is 7.00. The third-order valence-electron chi connectivity index (χ3n) is 3.37. The molecule has 0 spiro atoms. The highest BCUT2D eigenvalue weighted by molar-refractivity contribution is 6.31. The van der Waals surface area contributed by atoms with Crippen LogP contribution in [0.25, 0.3) is 0 Å². The Hall–Kier alpha value is -2.20. The van der Waals surface area contributed by atoms with Crippen molar-refractivity contribution in [2.75, 3.05) is 23.0 Å². The Morgan fingerprint density at radius 3 is 2.57 bits per heavy atom. The number of hydrogen-bond acceptors (Lipinski definition) is 3. The number of nitrogens with one attached hydrogen (secondary N) is 1. The third-order valence-corrected chi connectivity index (χ3v) is 3.61. The van der Waals surface area contributed by atoms with Crippen LogP contribution in [0.5, 0.6) is 0 Å². The Labute approximate surface area is 129 Å². The second-order valence-electron chi connectivity index (χ2n) is 4.85. The van der Waals surface area contributed by atoms with Gasteiger partial charge in [0.2, 0.25) is 5.91 Å². The van der Waals surface area contributed by atoms with Crippen molar-refractivity contribution in [2.24, 2.45) is 0 Å². The minimum absolute atomic E-state index is 0.108. The first-order valence-electron chi connectivity index (χ1n) is 6.63. The zero-order valence-electron chi connectivity index (χ0n) is 12.0. The number of likely N-dealkylation sites (N-methyl/N-ethyl adjacent to an activating group) is 1. The third kappa shape index (κ3) is 3.67. The summed E-state index contributed by atoms with van der Waals surface area (Å²) >= 11 is 5.99. The number of hydrogen-bond donors (Lipinski definition) is 2. The van der Waals surface area contributed by atoms with Crippen molar-refractivity contribution in [3.8, 4) is 0 Å². The first kappa shape index (κ1) is 15.2. The van der Waals surface area contributed by atoms with E-state index in [4.69, 9.17) is 17.3 Å². The molecule has 5 heteroatoms. The van der Waals surface area contributed by atoms with Crippen LogP contribution in [-0.2, 0) is 4.79 Å². The number of amides is 1. The Bertz CT molecular complexity index is 631. The molecule has 0 radical (unpaired) electrons. The van der Waals surface area contributed by atoms with E-state index in [1.54, 1.807) is 23.1 Å². The number of nitrogen functional groups attached to an aromatic ring is 1. The lowest BCUT2D eigenvalue weighted by Crippen LogP contribution is -2.40. The van der Waals surface area contributed by atoms with E-state index in [2.05, 4.69) is 5.32 Å². The van der Waals surface area contributed by atoms with Crippen LogP contribution in [-0.4, -0.2) is 19.0 Å². The summed E-state index contributed by atoms with van der Waals surface area (Å²) in [5.41, 5.74) is 8.03. The van der Waals surface area contributed by atoms with Gasteiger partial charge in [0.05, 0.1) is 11.4 Å². The molecule has 0 aliphatic heterocycles. The van der Waals surface area contributed by atoms with E-state index in [9.17, 15) is 4.79 Å². The summed E-state index contributed by atoms with van der Waals surface area (Å²) < 4.78 is 0. The molecule has 110 valence electrons. The lowest BCUT2D eigenvalue weighted by atomic mass is 10.2. The van der Waals surface area contributed by atoms with Gasteiger partial charge in [0, 0.05) is 17.8 Å². The van der Waals surface area contributed by atoms with E-state index in [0.29, 0.717) is 10.7 Å². The summed E-state index contributed by atoms with van der Waals surface area (Å²) in [6.45, 7) is 1.82. The molecule has 0 fully saturated rings. The van der Waals surface area contributed by atoms with Crippen LogP contribution >= 0.6 is 11.6 Å². The Balaban J connectivity index is 2.13. The molecule has 4 nitrogen and oxygen atoms in total. The molecule has 0 aromatic heterocycles. The van der Waals surface area contributed by atoms with Crippen molar-refractivity contribution in [1.82, 2.24) is 0 Å². The van der Waals surface area contributed by atoms with Crippen LogP contribution in [0.4, 0.5) is 17.1 Å². The Kier molecular flexibility index (Phi) is 4.70. The second kappa shape index (κ2) is 6.50. The smallest absolute Gasteiger partial charge is 0.246 e. The van der Waals surface area contributed by atoms with Gasteiger partial charge >= 0.3 is 0 Å². The molecule has 0 bridgehead atoms. The number of carbonyl (C=O) groups is 1. The summed E-state index contributed by atoms with van der Waals surface area (Å²) in [5, 5.41) is 3.46. The molecule has 1 unspecified atom stereocenters. The zero-order chi connectivity index (χ0) is 15.4. The van der Waals surface area contributed by atoms with Crippen LogP contribution in [0.2, 0.25) is 5.02 Å². The highest BCUT2D eigenvalue weighted by atomic mass is 35.5. The standard InChI is InChI=1S/C16H18ClN3O/c1-11(16(21)19-13-6-4-3-5-7-13)20(2)15-10-12(17)8-9-14(15)18/h3-11H,18H2,1-2H3,(H,19,21). The SMILES string of the molecule is CC(C(=O)Nc1ccccc1)N(C)c1cc(Cl)ccc1N. The molecule has 2 rings (SSSR count). The van der Waals surface area contributed by atoms with Gasteiger partial charge < -0.3 is 16.0 Å². The number of halogens is 1. The molecule has 2 aromatic rings. The van der Waals surface area contributed by atoms with Gasteiger partial charge in [-0.1, -0.05) is 29.8 Å². The average molecular weight is 304 g/mol. The lowest BCUT2D eigenvalue weighted by Gasteiger charge is -2.27. The van der Waals surface area contributed by atoms with Crippen molar-refractivity contribution < 1.29 is 4.79 Å². The fourth-order valence-electron chi connectivity index (χ4n) is 1.97. The molecular weight excluding hydrogens is 286 g/mol. The van der Waals surface area contributed by atoms with Crippen molar-refractivity contribution >= 4 is 34.6 Å². The zero-order valence-corrected chi connectivity index (χ0v) is 12.8. The largest absolute Gasteiger partial charge is 0.397 e. The van der Waals surface area contributed by atoms with Gasteiger partial charge in [-0.25, -0.2) is 0 Å². The van der Waals surface area contributed by atoms with Crippen LogP contribution in [0.1, 0.15) is 6.92 Å². The van der Waals surface area contributed by atoms with Crippen LogP contribution in [0.3, 0.4) is 0 Å². The van der Waals surface area contributed by atoms with Crippen LogP contribution in [0.15, 0.2) is 48.5 Å². The Morgan fingerprint density at radius 2 is 1.90 bits per heavy atom. The summed E-state index contributed by atoms with van der Waals surface area (Å²) in [6, 6.07) is 14.2. The molecule has 0 heterocycles. The number of nitrogens with zero attached hydrogens (tertiary/aromatic N) is 1. The predicted octanol–water partition coefficient (Wildman–Crippen LogP) is 3.39. The molecule has 2 aromatic carbocycles. The number of rotatable bonds is 4. The van der Waals surface area contributed by atoms with E-state index in [-0.39, 0.29) is 11.9 Å². The van der Waals surface area contributed by atoms with E-state index in [0.717, 1.165) is 11.4 Å². The van der Waals surface area contributed by atoms with Crippen molar-refractivity contribution in [3.05, 3.63) is 53.6 Å². The van der Waals surface area contributed by atoms with Gasteiger partial charge in [-0.3, -0.25) is 4.79 Å². The highest BCUT2D eigenvalue weighted by Crippen LogP contribution is 2.27. The molecule has 0 saturated heterocycles. The molecule has 0 aliphatic rings. The summed E-state index contributed by atoms with van der Waals surface area (Å²) in [6.07, 6.45) is 0. The lowest BCUT2D eigenvalue weighted by molar-refractivity contribution is -0.117. The van der Waals surface area contributed by atoms with E-state index in [1.165, 1.54) is 0 Å². The van der Waals surface area contributed by atoms with E-state index < -0.39 is 0 Å². The number of carbonyl (C=O) groups excluding carboxylic acids is 1. The molecule has 0 aliphatic carbocycles. The van der Waals surface area contributed by atoms with E-state index >= 15 is 0 Å². The molecule has 3 N–H and O–H groups in total. The average Bonchev–Trinajstić information content (AvgIpc) is 2.49. The van der Waals surface area contributed by atoms with Gasteiger partial charge in [0.15, 0.2) is 0 Å². The fraction of sp³-hybridized carbons (Fsp3) is 0.188. The predicted molar refractivity (Wildman–Crippen MR) is 88.8 cm³/mol. The molecule has 0 saturated carbocycles. The van der Waals surface area contributed by atoms with Gasteiger partial charge in [0.25, 0.3) is 0 Å². The van der Waals surface area contributed by atoms with Crippen molar-refractivity contribution in [1.29, 1.82) is 0 Å². The molecule has 1 amide bonds. The first-order chi connectivity index (χ1) is 9.99. The molecular formula is C16H18ClN3O. The molecule has 21 heavy (non-hydrogen) atoms. The summed E-state index contributed by atoms with van der Waals surface area (Å²) in [4.78, 5) is 14.1. The molecule has 1 atom stereocenters. The van der Waals surface area contributed by atoms with Gasteiger partial charge in [-0.15, -0.1) is 0 Å². The van der Waals surface area contributed by atoms with Crippen molar-refractivity contribution in [3.63, 3.8) is 0 Å². The highest BCUT2D eigenvalue weighted by Gasteiger charge is 2.20. The van der Waals surface area contributed by atoms with Crippen molar-refractivity contribution in [2.45, 2.75) is 13.0 Å². The number of benzene rings is 2. The quantitative estimate of drug-likeness (QED) is 0.851. The second-order valence-corrected chi connectivity index (χ2v) is 5.28. The van der Waals surface area contributed by atoms with Crippen LogP contribution in [0, 0.1) is 0 Å². The maximum absolute atomic E-state index is 12.3.